The zero-order valence-electron chi connectivity index (χ0n) is 12.4. The van der Waals surface area contributed by atoms with Crippen molar-refractivity contribution in [1.29, 1.82) is 0 Å². The summed E-state index contributed by atoms with van der Waals surface area (Å²) in [4.78, 5) is 4.49. The Morgan fingerprint density at radius 1 is 1.14 bits per heavy atom. The number of aromatic nitrogens is 2. The van der Waals surface area contributed by atoms with Gasteiger partial charge in [-0.2, -0.15) is 4.98 Å². The van der Waals surface area contributed by atoms with Gasteiger partial charge in [-0.15, -0.1) is 0 Å². The number of para-hydroxylation sites is 1. The maximum atomic E-state index is 6.35. The predicted molar refractivity (Wildman–Crippen MR) is 82.3 cm³/mol. The van der Waals surface area contributed by atoms with Gasteiger partial charge in [-0.25, -0.2) is 0 Å². The van der Waals surface area contributed by atoms with Crippen LogP contribution in [0.25, 0.3) is 11.0 Å². The molecule has 2 N–H and O–H groups in total. The summed E-state index contributed by atoms with van der Waals surface area (Å²) in [5.41, 5.74) is 6.87. The van der Waals surface area contributed by atoms with Crippen molar-refractivity contribution in [2.75, 3.05) is 0 Å². The van der Waals surface area contributed by atoms with E-state index in [0.29, 0.717) is 18.1 Å². The summed E-state index contributed by atoms with van der Waals surface area (Å²) in [5, 5.41) is 5.20. The van der Waals surface area contributed by atoms with Gasteiger partial charge in [-0.1, -0.05) is 36.2 Å². The molecule has 3 aromatic rings. The molecule has 0 saturated heterocycles. The topological polar surface area (TPSA) is 78.1 Å². The lowest BCUT2D eigenvalue weighted by Gasteiger charge is -2.17. The van der Waals surface area contributed by atoms with Gasteiger partial charge in [-0.3, -0.25) is 0 Å². The second kappa shape index (κ2) is 5.25. The fourth-order valence-corrected chi connectivity index (χ4v) is 3.18. The lowest BCUT2D eigenvalue weighted by Crippen LogP contribution is -2.34. The largest absolute Gasteiger partial charge is 0.461 e. The van der Waals surface area contributed by atoms with Crippen LogP contribution in [0.2, 0.25) is 0 Å². The third kappa shape index (κ3) is 2.41. The predicted octanol–water partition coefficient (Wildman–Crippen LogP) is 3.33. The molecule has 5 nitrogen and oxygen atoms in total. The maximum absolute atomic E-state index is 6.35. The van der Waals surface area contributed by atoms with E-state index in [9.17, 15) is 0 Å². The summed E-state index contributed by atoms with van der Waals surface area (Å²) >= 11 is 0. The van der Waals surface area contributed by atoms with E-state index in [1.54, 1.807) is 0 Å². The highest BCUT2D eigenvalue weighted by Gasteiger charge is 2.35. The van der Waals surface area contributed by atoms with E-state index in [1.165, 1.54) is 0 Å². The molecule has 2 aromatic heterocycles. The van der Waals surface area contributed by atoms with Crippen LogP contribution in [0.1, 0.15) is 43.2 Å². The molecule has 0 unspecified atom stereocenters. The van der Waals surface area contributed by atoms with Crippen molar-refractivity contribution in [3.63, 3.8) is 0 Å². The fraction of sp³-hybridized carbons (Fsp3) is 0.412. The summed E-state index contributed by atoms with van der Waals surface area (Å²) < 4.78 is 11.2. The van der Waals surface area contributed by atoms with Crippen molar-refractivity contribution >= 4 is 11.0 Å². The zero-order valence-corrected chi connectivity index (χ0v) is 12.4. The van der Waals surface area contributed by atoms with E-state index in [-0.39, 0.29) is 5.54 Å². The third-order valence-corrected chi connectivity index (χ3v) is 4.47. The van der Waals surface area contributed by atoms with Crippen LogP contribution in [0.15, 0.2) is 39.3 Å². The second-order valence-electron chi connectivity index (χ2n) is 6.13. The Hall–Kier alpha value is -2.14. The van der Waals surface area contributed by atoms with E-state index >= 15 is 0 Å². The summed E-state index contributed by atoms with van der Waals surface area (Å²) in [5.74, 6) is 2.22. The highest BCUT2D eigenvalue weighted by Crippen LogP contribution is 2.34. The maximum Gasteiger partial charge on any atom is 0.227 e. The smallest absolute Gasteiger partial charge is 0.227 e. The first-order chi connectivity index (χ1) is 10.7. The number of nitrogens with two attached hydrogens (primary N) is 1. The molecule has 0 aliphatic heterocycles. The van der Waals surface area contributed by atoms with Gasteiger partial charge in [0.15, 0.2) is 5.82 Å². The lowest BCUT2D eigenvalue weighted by molar-refractivity contribution is 0.347. The number of rotatable bonds is 4. The molecule has 5 heteroatoms. The van der Waals surface area contributed by atoms with E-state index in [0.717, 1.165) is 48.8 Å². The Bertz CT molecular complexity index is 751. The van der Waals surface area contributed by atoms with Crippen molar-refractivity contribution in [1.82, 2.24) is 10.1 Å². The van der Waals surface area contributed by atoms with Gasteiger partial charge < -0.3 is 14.7 Å². The molecule has 114 valence electrons. The van der Waals surface area contributed by atoms with E-state index in [1.807, 2.05) is 24.3 Å². The Morgan fingerprint density at radius 2 is 1.95 bits per heavy atom. The summed E-state index contributed by atoms with van der Waals surface area (Å²) in [6, 6.07) is 10.1. The lowest BCUT2D eigenvalue weighted by atomic mass is 9.99. The molecular formula is C17H19N3O2. The van der Waals surface area contributed by atoms with Gasteiger partial charge in [0.1, 0.15) is 11.3 Å². The van der Waals surface area contributed by atoms with Crippen LogP contribution in [0, 0.1) is 0 Å². The second-order valence-corrected chi connectivity index (χ2v) is 6.13. The molecule has 0 atom stereocenters. The van der Waals surface area contributed by atoms with E-state index < -0.39 is 0 Å². The first kappa shape index (κ1) is 13.5. The van der Waals surface area contributed by atoms with Crippen LogP contribution in [-0.4, -0.2) is 10.1 Å². The molecule has 1 fully saturated rings. The normalized spacial score (nSPS) is 17.3. The average Bonchev–Trinajstić information content (AvgIpc) is 3.24. The van der Waals surface area contributed by atoms with Gasteiger partial charge in [0, 0.05) is 18.2 Å². The molecule has 1 saturated carbocycles. The van der Waals surface area contributed by atoms with Crippen LogP contribution in [0.4, 0.5) is 0 Å². The first-order valence-corrected chi connectivity index (χ1v) is 7.82. The number of benzene rings is 1. The SMILES string of the molecule is NC1(c2noc(CCc3cc4ccccc4o3)n2)CCCC1. The van der Waals surface area contributed by atoms with Crippen LogP contribution >= 0.6 is 0 Å². The molecule has 0 spiro atoms. The minimum Gasteiger partial charge on any atom is -0.461 e. The van der Waals surface area contributed by atoms with Crippen molar-refractivity contribution < 1.29 is 8.94 Å². The van der Waals surface area contributed by atoms with Gasteiger partial charge in [0.25, 0.3) is 0 Å². The van der Waals surface area contributed by atoms with Crippen LogP contribution in [0.3, 0.4) is 0 Å². The fourth-order valence-electron chi connectivity index (χ4n) is 3.18. The number of nitrogens with zero attached hydrogens (tertiary/aromatic N) is 2. The van der Waals surface area contributed by atoms with Gasteiger partial charge in [-0.05, 0) is 25.0 Å². The Balaban J connectivity index is 1.46. The number of fused-ring (bicyclic) bond motifs is 1. The number of aryl methyl sites for hydroxylation is 2. The Labute approximate surface area is 128 Å². The summed E-state index contributed by atoms with van der Waals surface area (Å²) in [6.45, 7) is 0. The molecule has 1 aliphatic rings. The van der Waals surface area contributed by atoms with Gasteiger partial charge in [0.05, 0.1) is 5.54 Å². The molecule has 2 heterocycles. The van der Waals surface area contributed by atoms with Crippen molar-refractivity contribution in [3.05, 3.63) is 47.8 Å². The van der Waals surface area contributed by atoms with Crippen molar-refractivity contribution in [2.24, 2.45) is 5.73 Å². The molecule has 0 bridgehead atoms. The van der Waals surface area contributed by atoms with E-state index in [2.05, 4.69) is 16.2 Å². The molecule has 0 radical (unpaired) electrons. The molecular weight excluding hydrogens is 278 g/mol. The van der Waals surface area contributed by atoms with Gasteiger partial charge >= 0.3 is 0 Å². The third-order valence-electron chi connectivity index (χ3n) is 4.47. The van der Waals surface area contributed by atoms with Crippen molar-refractivity contribution in [3.8, 4) is 0 Å². The Morgan fingerprint density at radius 3 is 2.77 bits per heavy atom. The Kier molecular flexibility index (Phi) is 3.22. The van der Waals surface area contributed by atoms with Crippen LogP contribution < -0.4 is 5.73 Å². The average molecular weight is 297 g/mol. The number of furan rings is 1. The minimum absolute atomic E-state index is 0.388. The molecule has 4 rings (SSSR count). The van der Waals surface area contributed by atoms with Gasteiger partial charge in [0.2, 0.25) is 5.89 Å². The van der Waals surface area contributed by atoms with E-state index in [4.69, 9.17) is 14.7 Å². The monoisotopic (exact) mass is 297 g/mol. The molecule has 22 heavy (non-hydrogen) atoms. The van der Waals surface area contributed by atoms with Crippen LogP contribution in [0.5, 0.6) is 0 Å². The van der Waals surface area contributed by atoms with Crippen LogP contribution in [-0.2, 0) is 18.4 Å². The number of hydrogen-bond acceptors (Lipinski definition) is 5. The standard InChI is InChI=1S/C17H19N3O2/c18-17(9-3-4-10-17)16-19-15(22-20-16)8-7-13-11-12-5-1-2-6-14(12)21-13/h1-2,5-6,11H,3-4,7-10,18H2. The quantitative estimate of drug-likeness (QED) is 0.799. The highest BCUT2D eigenvalue weighted by atomic mass is 16.5. The molecule has 0 amide bonds. The molecule has 1 aliphatic carbocycles. The highest BCUT2D eigenvalue weighted by molar-refractivity contribution is 5.77. The molecule has 1 aromatic carbocycles. The minimum atomic E-state index is -0.388. The first-order valence-electron chi connectivity index (χ1n) is 7.82. The summed E-state index contributed by atoms with van der Waals surface area (Å²) in [6.07, 6.45) is 5.57. The summed E-state index contributed by atoms with van der Waals surface area (Å²) in [7, 11) is 0. The number of hydrogen-bond donors (Lipinski definition) is 1. The zero-order chi connectivity index (χ0) is 15.0. The van der Waals surface area contributed by atoms with Crippen molar-refractivity contribution in [2.45, 2.75) is 44.1 Å².